The maximum absolute atomic E-state index is 12.8. The third-order valence-electron chi connectivity index (χ3n) is 3.93. The van der Waals surface area contributed by atoms with Crippen molar-refractivity contribution in [1.29, 1.82) is 0 Å². The molecular formula is C19H23ClN2O4S. The monoisotopic (exact) mass is 410 g/mol. The Morgan fingerprint density at radius 2 is 1.78 bits per heavy atom. The van der Waals surface area contributed by atoms with Crippen molar-refractivity contribution in [3.8, 4) is 5.75 Å². The van der Waals surface area contributed by atoms with E-state index in [-0.39, 0.29) is 22.8 Å². The normalized spacial score (nSPS) is 12.6. The first-order valence-electron chi connectivity index (χ1n) is 8.33. The van der Waals surface area contributed by atoms with Gasteiger partial charge in [0.2, 0.25) is 10.0 Å². The number of benzene rings is 2. The molecule has 0 heterocycles. The summed E-state index contributed by atoms with van der Waals surface area (Å²) in [6.07, 6.45) is 0. The van der Waals surface area contributed by atoms with Crippen molar-refractivity contribution in [2.24, 2.45) is 5.73 Å². The van der Waals surface area contributed by atoms with Crippen LogP contribution >= 0.6 is 11.6 Å². The van der Waals surface area contributed by atoms with Crippen LogP contribution in [-0.4, -0.2) is 27.0 Å². The Bertz CT molecular complexity index is 951. The average Bonchev–Trinajstić information content (AvgIpc) is 2.51. The topological polar surface area (TPSA) is 98.5 Å². The summed E-state index contributed by atoms with van der Waals surface area (Å²) in [4.78, 5) is 11.8. The van der Waals surface area contributed by atoms with E-state index in [0.29, 0.717) is 16.1 Å². The molecular weight excluding hydrogens is 388 g/mol. The van der Waals surface area contributed by atoms with E-state index < -0.39 is 22.0 Å². The number of carbonyl (C=O) groups excluding carboxylic acids is 1. The number of hydrogen-bond donors (Lipinski definition) is 2. The number of primary amides is 1. The molecule has 2 rings (SSSR count). The van der Waals surface area contributed by atoms with Crippen molar-refractivity contribution in [1.82, 2.24) is 4.72 Å². The molecule has 0 aliphatic rings. The van der Waals surface area contributed by atoms with Crippen LogP contribution in [0.3, 0.4) is 0 Å². The average molecular weight is 411 g/mol. The minimum atomic E-state index is -3.72. The second kappa shape index (κ2) is 8.29. The number of aryl methyl sites for hydroxylation is 3. The molecule has 0 fully saturated rings. The standard InChI is InChI=1S/C19H23ClN2O4S/c1-11-7-12(2)18(13(3)8-11)27(24,25)22-14(4)10-26-17-6-5-15(20)9-16(17)19(21)23/h5-9,14,22H,10H2,1-4H3,(H2,21,23)/t14-/m0/s1. The zero-order chi connectivity index (χ0) is 20.4. The van der Waals surface area contributed by atoms with Crippen LogP contribution in [0, 0.1) is 20.8 Å². The van der Waals surface area contributed by atoms with Crippen LogP contribution in [0.2, 0.25) is 5.02 Å². The minimum Gasteiger partial charge on any atom is -0.491 e. The largest absolute Gasteiger partial charge is 0.491 e. The molecule has 0 aliphatic heterocycles. The number of carbonyl (C=O) groups is 1. The third kappa shape index (κ3) is 5.22. The van der Waals surface area contributed by atoms with Gasteiger partial charge in [0.15, 0.2) is 0 Å². The van der Waals surface area contributed by atoms with Gasteiger partial charge in [-0.1, -0.05) is 29.3 Å². The number of rotatable bonds is 7. The van der Waals surface area contributed by atoms with E-state index in [4.69, 9.17) is 22.1 Å². The van der Waals surface area contributed by atoms with Gasteiger partial charge >= 0.3 is 0 Å². The molecule has 0 saturated heterocycles. The van der Waals surface area contributed by atoms with Crippen molar-refractivity contribution in [3.63, 3.8) is 0 Å². The van der Waals surface area contributed by atoms with Crippen molar-refractivity contribution in [3.05, 3.63) is 57.6 Å². The zero-order valence-corrected chi connectivity index (χ0v) is 17.2. The highest BCUT2D eigenvalue weighted by Crippen LogP contribution is 2.24. The van der Waals surface area contributed by atoms with E-state index in [9.17, 15) is 13.2 Å². The first-order chi connectivity index (χ1) is 12.5. The van der Waals surface area contributed by atoms with E-state index in [1.165, 1.54) is 12.1 Å². The Labute approximate surface area is 164 Å². The number of nitrogens with two attached hydrogens (primary N) is 1. The highest BCUT2D eigenvalue weighted by atomic mass is 35.5. The summed E-state index contributed by atoms with van der Waals surface area (Å²) in [5.41, 5.74) is 7.83. The van der Waals surface area contributed by atoms with Gasteiger partial charge in [0, 0.05) is 5.02 Å². The Balaban J connectivity index is 2.15. The van der Waals surface area contributed by atoms with E-state index in [1.54, 1.807) is 26.8 Å². The van der Waals surface area contributed by atoms with Gasteiger partial charge < -0.3 is 10.5 Å². The SMILES string of the molecule is Cc1cc(C)c(S(=O)(=O)N[C@@H](C)COc2ccc(Cl)cc2C(N)=O)c(C)c1. The van der Waals surface area contributed by atoms with Crippen LogP contribution in [0.5, 0.6) is 5.75 Å². The molecule has 27 heavy (non-hydrogen) atoms. The number of hydrogen-bond acceptors (Lipinski definition) is 4. The van der Waals surface area contributed by atoms with E-state index in [1.807, 2.05) is 19.1 Å². The second-order valence-corrected chi connectivity index (χ2v) is 8.65. The summed E-state index contributed by atoms with van der Waals surface area (Å²) < 4.78 is 33.7. The number of halogens is 1. The maximum Gasteiger partial charge on any atom is 0.252 e. The highest BCUT2D eigenvalue weighted by molar-refractivity contribution is 7.89. The molecule has 0 aromatic heterocycles. The van der Waals surface area contributed by atoms with Gasteiger partial charge in [-0.25, -0.2) is 13.1 Å². The van der Waals surface area contributed by atoms with Crippen molar-refractivity contribution in [2.75, 3.05) is 6.61 Å². The maximum atomic E-state index is 12.8. The molecule has 0 radical (unpaired) electrons. The van der Waals surface area contributed by atoms with Crippen LogP contribution in [-0.2, 0) is 10.0 Å². The molecule has 0 unspecified atom stereocenters. The Morgan fingerprint density at radius 1 is 1.19 bits per heavy atom. The summed E-state index contributed by atoms with van der Waals surface area (Å²) in [6, 6.07) is 7.62. The van der Waals surface area contributed by atoms with Crippen molar-refractivity contribution in [2.45, 2.75) is 38.6 Å². The van der Waals surface area contributed by atoms with E-state index in [0.717, 1.165) is 5.56 Å². The van der Waals surface area contributed by atoms with Gasteiger partial charge in [-0.3, -0.25) is 4.79 Å². The Kier molecular flexibility index (Phi) is 6.51. The van der Waals surface area contributed by atoms with E-state index in [2.05, 4.69) is 4.72 Å². The third-order valence-corrected chi connectivity index (χ3v) is 6.05. The Morgan fingerprint density at radius 3 is 2.33 bits per heavy atom. The first-order valence-corrected chi connectivity index (χ1v) is 10.2. The van der Waals surface area contributed by atoms with Gasteiger partial charge in [0.05, 0.1) is 16.5 Å². The van der Waals surface area contributed by atoms with Crippen LogP contribution in [0.25, 0.3) is 0 Å². The fourth-order valence-electron chi connectivity index (χ4n) is 2.98. The summed E-state index contributed by atoms with van der Waals surface area (Å²) in [6.45, 7) is 7.15. The van der Waals surface area contributed by atoms with Crippen LogP contribution in [0.15, 0.2) is 35.2 Å². The second-order valence-electron chi connectivity index (χ2n) is 6.57. The molecule has 2 aromatic carbocycles. The molecule has 1 atom stereocenters. The lowest BCUT2D eigenvalue weighted by Gasteiger charge is -2.18. The smallest absolute Gasteiger partial charge is 0.252 e. The summed E-state index contributed by atoms with van der Waals surface area (Å²) in [5.74, 6) is -0.424. The van der Waals surface area contributed by atoms with Crippen molar-refractivity contribution >= 4 is 27.5 Å². The number of sulfonamides is 1. The number of amides is 1. The molecule has 1 amide bonds. The molecule has 3 N–H and O–H groups in total. The lowest BCUT2D eigenvalue weighted by Crippen LogP contribution is -2.37. The van der Waals surface area contributed by atoms with Gasteiger partial charge in [-0.15, -0.1) is 0 Å². The molecule has 0 bridgehead atoms. The molecule has 0 saturated carbocycles. The fraction of sp³-hybridized carbons (Fsp3) is 0.316. The minimum absolute atomic E-state index is 0.0189. The molecule has 0 spiro atoms. The van der Waals surface area contributed by atoms with Crippen LogP contribution < -0.4 is 15.2 Å². The van der Waals surface area contributed by atoms with Crippen molar-refractivity contribution < 1.29 is 17.9 Å². The zero-order valence-electron chi connectivity index (χ0n) is 15.7. The molecule has 6 nitrogen and oxygen atoms in total. The van der Waals surface area contributed by atoms with Crippen LogP contribution in [0.4, 0.5) is 0 Å². The Hall–Kier alpha value is -2.09. The van der Waals surface area contributed by atoms with Gasteiger partial charge in [-0.05, 0) is 57.0 Å². The molecule has 8 heteroatoms. The predicted molar refractivity (Wildman–Crippen MR) is 106 cm³/mol. The predicted octanol–water partition coefficient (Wildman–Crippen LogP) is 3.11. The fourth-order valence-corrected chi connectivity index (χ4v) is 4.84. The van der Waals surface area contributed by atoms with Gasteiger partial charge in [0.1, 0.15) is 12.4 Å². The summed E-state index contributed by atoms with van der Waals surface area (Å²) in [5, 5.41) is 0.357. The first kappa shape index (κ1) is 21.2. The van der Waals surface area contributed by atoms with E-state index >= 15 is 0 Å². The lowest BCUT2D eigenvalue weighted by atomic mass is 10.1. The summed E-state index contributed by atoms with van der Waals surface area (Å²) >= 11 is 5.86. The summed E-state index contributed by atoms with van der Waals surface area (Å²) in [7, 11) is -3.72. The van der Waals surface area contributed by atoms with Gasteiger partial charge in [0.25, 0.3) is 5.91 Å². The lowest BCUT2D eigenvalue weighted by molar-refractivity contribution is 0.0996. The molecule has 2 aromatic rings. The molecule has 146 valence electrons. The molecule has 0 aliphatic carbocycles. The quantitative estimate of drug-likeness (QED) is 0.732. The number of ether oxygens (including phenoxy) is 1. The number of nitrogens with one attached hydrogen (secondary N) is 1. The van der Waals surface area contributed by atoms with Crippen LogP contribution in [0.1, 0.15) is 34.0 Å². The highest BCUT2D eigenvalue weighted by Gasteiger charge is 2.22. The van der Waals surface area contributed by atoms with Gasteiger partial charge in [-0.2, -0.15) is 0 Å².